The number of hydrogen-bond acceptors (Lipinski definition) is 4. The third kappa shape index (κ3) is 4.46. The average Bonchev–Trinajstić information content (AvgIpc) is 3.01. The van der Waals surface area contributed by atoms with E-state index >= 15 is 0 Å². The van der Waals surface area contributed by atoms with E-state index in [0.717, 1.165) is 16.7 Å². The van der Waals surface area contributed by atoms with Gasteiger partial charge in [0.2, 0.25) is 0 Å². The number of ether oxygens (including phenoxy) is 3. The van der Waals surface area contributed by atoms with Gasteiger partial charge in [-0.2, -0.15) is 0 Å². The van der Waals surface area contributed by atoms with Gasteiger partial charge >= 0.3 is 0 Å². The molecule has 0 aromatic heterocycles. The van der Waals surface area contributed by atoms with Crippen LogP contribution in [0.15, 0.2) is 67.3 Å². The maximum Gasteiger partial charge on any atom is 0.164 e. The van der Waals surface area contributed by atoms with E-state index in [1.807, 2.05) is 82.3 Å². The van der Waals surface area contributed by atoms with Gasteiger partial charge in [0, 0.05) is 0 Å². The zero-order valence-corrected chi connectivity index (χ0v) is 17.8. The van der Waals surface area contributed by atoms with E-state index in [1.165, 1.54) is 0 Å². The highest BCUT2D eigenvalue weighted by molar-refractivity contribution is 5.31. The monoisotopic (exact) mass is 396 g/mol. The van der Waals surface area contributed by atoms with Crippen molar-refractivity contribution in [2.45, 2.75) is 70.4 Å². The summed E-state index contributed by atoms with van der Waals surface area (Å²) in [6.45, 7) is 12.3. The highest BCUT2D eigenvalue weighted by atomic mass is 16.8. The SMILES string of the molecule is C=C[C@]1([C@@H](CC)OCc2ccccc2)OC(C)(C)O[C@H]1[C@H](O)c1ccccc1C. The first-order valence-corrected chi connectivity index (χ1v) is 10.2. The predicted octanol–water partition coefficient (Wildman–Crippen LogP) is 5.10. The van der Waals surface area contributed by atoms with Crippen LogP contribution in [0.5, 0.6) is 0 Å². The summed E-state index contributed by atoms with van der Waals surface area (Å²) in [7, 11) is 0. The summed E-state index contributed by atoms with van der Waals surface area (Å²) >= 11 is 0. The van der Waals surface area contributed by atoms with Crippen LogP contribution in [-0.4, -0.2) is 28.7 Å². The van der Waals surface area contributed by atoms with Crippen LogP contribution in [0.1, 0.15) is 50.0 Å². The van der Waals surface area contributed by atoms with Crippen LogP contribution in [0.2, 0.25) is 0 Å². The molecule has 2 aromatic rings. The molecule has 1 heterocycles. The minimum absolute atomic E-state index is 0.328. The van der Waals surface area contributed by atoms with Gasteiger partial charge in [-0.25, -0.2) is 0 Å². The Hall–Kier alpha value is -1.98. The van der Waals surface area contributed by atoms with Gasteiger partial charge < -0.3 is 19.3 Å². The Morgan fingerprint density at radius 3 is 2.41 bits per heavy atom. The first-order valence-electron chi connectivity index (χ1n) is 10.2. The van der Waals surface area contributed by atoms with E-state index in [1.54, 1.807) is 6.08 Å². The van der Waals surface area contributed by atoms with E-state index in [-0.39, 0.29) is 6.10 Å². The Morgan fingerprint density at radius 2 is 1.79 bits per heavy atom. The molecule has 1 aliphatic rings. The molecule has 1 aliphatic heterocycles. The summed E-state index contributed by atoms with van der Waals surface area (Å²) in [5, 5.41) is 11.3. The van der Waals surface area contributed by atoms with Crippen LogP contribution in [0, 0.1) is 6.92 Å². The summed E-state index contributed by atoms with van der Waals surface area (Å²) in [6, 6.07) is 17.8. The third-order valence-electron chi connectivity index (χ3n) is 5.56. The molecule has 0 aliphatic carbocycles. The van der Waals surface area contributed by atoms with Gasteiger partial charge in [-0.3, -0.25) is 0 Å². The Balaban J connectivity index is 1.93. The van der Waals surface area contributed by atoms with Crippen LogP contribution in [0.4, 0.5) is 0 Å². The van der Waals surface area contributed by atoms with Crippen molar-refractivity contribution in [3.05, 3.63) is 83.9 Å². The Labute approximate surface area is 174 Å². The maximum absolute atomic E-state index is 11.3. The number of hydrogen-bond donors (Lipinski definition) is 1. The fraction of sp³-hybridized carbons (Fsp3) is 0.440. The van der Waals surface area contributed by atoms with Crippen molar-refractivity contribution in [2.24, 2.45) is 0 Å². The van der Waals surface area contributed by atoms with E-state index in [2.05, 4.69) is 6.58 Å². The second-order valence-corrected chi connectivity index (χ2v) is 8.09. The van der Waals surface area contributed by atoms with Crippen LogP contribution in [-0.2, 0) is 20.8 Å². The summed E-state index contributed by atoms with van der Waals surface area (Å²) in [4.78, 5) is 0. The summed E-state index contributed by atoms with van der Waals surface area (Å²) in [6.07, 6.45) is 0.593. The predicted molar refractivity (Wildman–Crippen MR) is 114 cm³/mol. The molecule has 1 saturated heterocycles. The molecule has 0 spiro atoms. The lowest BCUT2D eigenvalue weighted by Crippen LogP contribution is -2.52. The number of aliphatic hydroxyl groups is 1. The minimum atomic E-state index is -0.977. The molecule has 2 aromatic carbocycles. The van der Waals surface area contributed by atoms with Crippen LogP contribution in [0.25, 0.3) is 0 Å². The van der Waals surface area contributed by atoms with Gasteiger partial charge in [0.1, 0.15) is 17.8 Å². The standard InChI is InChI=1S/C25H32O4/c1-6-21(27-17-19-14-9-8-10-15-19)25(7-2)23(28-24(4,5)29-25)22(26)20-16-12-11-13-18(20)3/h7-16,21-23,26H,2,6,17H2,1,3-5H3/t21-,22-,23+,25-/m1/s1. The Bertz CT molecular complexity index is 817. The molecule has 156 valence electrons. The molecule has 4 nitrogen and oxygen atoms in total. The van der Waals surface area contributed by atoms with Gasteiger partial charge in [-0.15, -0.1) is 6.58 Å². The molecule has 0 radical (unpaired) electrons. The van der Waals surface area contributed by atoms with Crippen molar-refractivity contribution in [3.8, 4) is 0 Å². The Kier molecular flexibility index (Phi) is 6.59. The molecule has 4 heteroatoms. The smallest absolute Gasteiger partial charge is 0.164 e. The summed E-state index contributed by atoms with van der Waals surface area (Å²) in [5.41, 5.74) is 1.93. The van der Waals surface area contributed by atoms with Crippen molar-refractivity contribution in [1.29, 1.82) is 0 Å². The molecule has 0 unspecified atom stereocenters. The fourth-order valence-corrected chi connectivity index (χ4v) is 4.18. The molecule has 29 heavy (non-hydrogen) atoms. The number of aliphatic hydroxyl groups excluding tert-OH is 1. The molecular formula is C25H32O4. The van der Waals surface area contributed by atoms with Gasteiger partial charge in [-0.1, -0.05) is 67.6 Å². The van der Waals surface area contributed by atoms with Gasteiger partial charge in [0.25, 0.3) is 0 Å². The zero-order chi connectivity index (χ0) is 21.1. The van der Waals surface area contributed by atoms with E-state index in [0.29, 0.717) is 13.0 Å². The van der Waals surface area contributed by atoms with Crippen LogP contribution >= 0.6 is 0 Å². The Morgan fingerprint density at radius 1 is 1.14 bits per heavy atom. The van der Waals surface area contributed by atoms with E-state index in [4.69, 9.17) is 14.2 Å². The first kappa shape index (κ1) is 21.7. The van der Waals surface area contributed by atoms with Gasteiger partial charge in [0.15, 0.2) is 5.79 Å². The highest BCUT2D eigenvalue weighted by Gasteiger charge is 2.58. The molecule has 3 rings (SSSR count). The molecule has 4 atom stereocenters. The quantitative estimate of drug-likeness (QED) is 0.631. The second-order valence-electron chi connectivity index (χ2n) is 8.09. The third-order valence-corrected chi connectivity index (χ3v) is 5.56. The van der Waals surface area contributed by atoms with Crippen molar-refractivity contribution >= 4 is 0 Å². The molecule has 0 bridgehead atoms. The van der Waals surface area contributed by atoms with E-state index in [9.17, 15) is 5.11 Å². The van der Waals surface area contributed by atoms with Crippen molar-refractivity contribution in [3.63, 3.8) is 0 Å². The lowest BCUT2D eigenvalue weighted by molar-refractivity contribution is -0.180. The molecular weight excluding hydrogens is 364 g/mol. The van der Waals surface area contributed by atoms with E-state index < -0.39 is 23.6 Å². The molecule has 1 N–H and O–H groups in total. The lowest BCUT2D eigenvalue weighted by atomic mass is 9.83. The number of rotatable bonds is 8. The summed E-state index contributed by atoms with van der Waals surface area (Å²) < 4.78 is 18.9. The van der Waals surface area contributed by atoms with Gasteiger partial charge in [0.05, 0.1) is 12.7 Å². The normalized spacial score (nSPS) is 25.5. The number of benzene rings is 2. The van der Waals surface area contributed by atoms with Crippen LogP contribution in [0.3, 0.4) is 0 Å². The van der Waals surface area contributed by atoms with Crippen molar-refractivity contribution < 1.29 is 19.3 Å². The minimum Gasteiger partial charge on any atom is -0.386 e. The molecule has 0 saturated carbocycles. The van der Waals surface area contributed by atoms with Gasteiger partial charge in [-0.05, 0) is 43.9 Å². The summed E-state index contributed by atoms with van der Waals surface area (Å²) in [5.74, 6) is -0.869. The highest BCUT2D eigenvalue weighted by Crippen LogP contribution is 2.46. The largest absolute Gasteiger partial charge is 0.386 e. The zero-order valence-electron chi connectivity index (χ0n) is 17.8. The average molecular weight is 397 g/mol. The maximum atomic E-state index is 11.3. The van der Waals surface area contributed by atoms with Crippen molar-refractivity contribution in [1.82, 2.24) is 0 Å². The van der Waals surface area contributed by atoms with Crippen molar-refractivity contribution in [2.75, 3.05) is 0 Å². The fourth-order valence-electron chi connectivity index (χ4n) is 4.18. The topological polar surface area (TPSA) is 47.9 Å². The number of aryl methyl sites for hydroxylation is 1. The molecule has 1 fully saturated rings. The second kappa shape index (κ2) is 8.80. The lowest BCUT2D eigenvalue weighted by Gasteiger charge is -2.39. The molecule has 0 amide bonds. The first-order chi connectivity index (χ1) is 13.8. The van der Waals surface area contributed by atoms with Crippen LogP contribution < -0.4 is 0 Å².